The zero-order valence-electron chi connectivity index (χ0n) is 14.3. The van der Waals surface area contributed by atoms with Crippen LogP contribution in [0, 0.1) is 6.92 Å². The number of piperazine rings is 1. The Morgan fingerprint density at radius 1 is 1.15 bits per heavy atom. The highest BCUT2D eigenvalue weighted by atomic mass is 32.1. The van der Waals surface area contributed by atoms with Gasteiger partial charge in [-0.15, -0.1) is 16.4 Å². The van der Waals surface area contributed by atoms with Crippen molar-refractivity contribution in [1.82, 2.24) is 30.0 Å². The minimum atomic E-state index is -0.0409. The molecular formula is C17H18N6O2S. The Morgan fingerprint density at radius 3 is 2.65 bits per heavy atom. The summed E-state index contributed by atoms with van der Waals surface area (Å²) in [5, 5.41) is 13.7. The minimum absolute atomic E-state index is 0.0349. The Kier molecular flexibility index (Phi) is 4.37. The van der Waals surface area contributed by atoms with Crippen LogP contribution >= 0.6 is 11.3 Å². The van der Waals surface area contributed by atoms with Gasteiger partial charge in [-0.3, -0.25) is 9.59 Å². The average molecular weight is 370 g/mol. The second kappa shape index (κ2) is 6.83. The van der Waals surface area contributed by atoms with E-state index in [-0.39, 0.29) is 18.4 Å². The fraction of sp³-hybridized carbons (Fsp3) is 0.353. The highest BCUT2D eigenvalue weighted by Gasteiger charge is 2.26. The fourth-order valence-corrected chi connectivity index (χ4v) is 4.15. The molecule has 0 N–H and O–H groups in total. The van der Waals surface area contributed by atoms with Crippen LogP contribution in [0.5, 0.6) is 0 Å². The van der Waals surface area contributed by atoms with Gasteiger partial charge in [-0.2, -0.15) is 0 Å². The lowest BCUT2D eigenvalue weighted by molar-refractivity contribution is -0.133. The van der Waals surface area contributed by atoms with Gasteiger partial charge in [0, 0.05) is 41.6 Å². The number of nitrogens with zero attached hydrogens (tertiary/aromatic N) is 6. The monoisotopic (exact) mass is 370 g/mol. The number of rotatable bonds is 3. The van der Waals surface area contributed by atoms with Crippen molar-refractivity contribution >= 4 is 33.2 Å². The van der Waals surface area contributed by atoms with Gasteiger partial charge in [0.05, 0.1) is 5.56 Å². The van der Waals surface area contributed by atoms with E-state index in [9.17, 15) is 9.59 Å². The normalized spacial score (nSPS) is 14.8. The summed E-state index contributed by atoms with van der Waals surface area (Å²) in [6, 6.07) is 6.15. The molecular weight excluding hydrogens is 352 g/mol. The number of amides is 2. The van der Waals surface area contributed by atoms with E-state index < -0.39 is 0 Å². The third kappa shape index (κ3) is 3.17. The number of aromatic nitrogens is 4. The minimum Gasteiger partial charge on any atom is -0.338 e. The van der Waals surface area contributed by atoms with Crippen LogP contribution in [0.25, 0.3) is 10.1 Å². The van der Waals surface area contributed by atoms with Gasteiger partial charge in [0.25, 0.3) is 5.91 Å². The lowest BCUT2D eigenvalue weighted by Gasteiger charge is -2.34. The van der Waals surface area contributed by atoms with E-state index >= 15 is 0 Å². The molecule has 1 fully saturated rings. The molecule has 1 aliphatic rings. The number of carbonyl (C=O) groups is 2. The predicted molar refractivity (Wildman–Crippen MR) is 96.9 cm³/mol. The quantitative estimate of drug-likeness (QED) is 0.691. The Balaban J connectivity index is 1.41. The topological polar surface area (TPSA) is 84.2 Å². The molecule has 8 nitrogen and oxygen atoms in total. The summed E-state index contributed by atoms with van der Waals surface area (Å²) in [7, 11) is 0. The van der Waals surface area contributed by atoms with Crippen molar-refractivity contribution in [2.45, 2.75) is 13.5 Å². The lowest BCUT2D eigenvalue weighted by atomic mass is 10.1. The van der Waals surface area contributed by atoms with Crippen molar-refractivity contribution in [1.29, 1.82) is 0 Å². The Bertz CT molecular complexity index is 943. The van der Waals surface area contributed by atoms with Crippen molar-refractivity contribution in [2.24, 2.45) is 0 Å². The molecule has 0 atom stereocenters. The molecule has 0 radical (unpaired) electrons. The highest BCUT2D eigenvalue weighted by Crippen LogP contribution is 2.28. The molecule has 1 aromatic carbocycles. The predicted octanol–water partition coefficient (Wildman–Crippen LogP) is 1.18. The summed E-state index contributed by atoms with van der Waals surface area (Å²) in [6.07, 6.45) is 1.42. The first-order chi connectivity index (χ1) is 12.6. The Morgan fingerprint density at radius 2 is 1.92 bits per heavy atom. The zero-order chi connectivity index (χ0) is 18.1. The first kappa shape index (κ1) is 16.6. The van der Waals surface area contributed by atoms with E-state index in [1.165, 1.54) is 16.6 Å². The molecule has 1 aliphatic heterocycles. The van der Waals surface area contributed by atoms with Crippen LogP contribution in [0.15, 0.2) is 29.9 Å². The van der Waals surface area contributed by atoms with Crippen LogP contribution < -0.4 is 0 Å². The standard InChI is InChI=1S/C17H18N6O2S/c1-12-2-3-13-14(10-26-15(13)8-12)17(25)22-6-4-21(5-7-22)16(24)9-23-11-18-19-20-23/h2-3,8,10-11H,4-7,9H2,1H3. The van der Waals surface area contributed by atoms with E-state index in [0.717, 1.165) is 15.6 Å². The van der Waals surface area contributed by atoms with Gasteiger partial charge in [0.1, 0.15) is 12.9 Å². The van der Waals surface area contributed by atoms with Crippen LogP contribution in [0.1, 0.15) is 15.9 Å². The summed E-state index contributed by atoms with van der Waals surface area (Å²) in [4.78, 5) is 28.7. The molecule has 0 bridgehead atoms. The van der Waals surface area contributed by atoms with Gasteiger partial charge >= 0.3 is 0 Å². The van der Waals surface area contributed by atoms with E-state index in [1.807, 2.05) is 29.3 Å². The number of fused-ring (bicyclic) bond motifs is 1. The zero-order valence-corrected chi connectivity index (χ0v) is 15.1. The SMILES string of the molecule is Cc1ccc2c(C(=O)N3CCN(C(=O)Cn4cnnn4)CC3)csc2c1. The molecule has 9 heteroatoms. The van der Waals surface area contributed by atoms with Crippen molar-refractivity contribution in [3.8, 4) is 0 Å². The molecule has 0 unspecified atom stereocenters. The van der Waals surface area contributed by atoms with Gasteiger partial charge in [0.2, 0.25) is 5.91 Å². The summed E-state index contributed by atoms with van der Waals surface area (Å²) in [5.74, 6) is -0.00599. The Hall–Kier alpha value is -2.81. The van der Waals surface area contributed by atoms with Crippen molar-refractivity contribution in [2.75, 3.05) is 26.2 Å². The van der Waals surface area contributed by atoms with Gasteiger partial charge in [0.15, 0.2) is 0 Å². The summed E-state index contributed by atoms with van der Waals surface area (Å²) in [5.41, 5.74) is 1.94. The second-order valence-corrected chi connectivity index (χ2v) is 7.24. The summed E-state index contributed by atoms with van der Waals surface area (Å²) >= 11 is 1.59. The van der Waals surface area contributed by atoms with Crippen molar-refractivity contribution < 1.29 is 9.59 Å². The largest absolute Gasteiger partial charge is 0.338 e. The van der Waals surface area contributed by atoms with E-state index in [1.54, 1.807) is 16.2 Å². The number of aryl methyl sites for hydroxylation is 1. The van der Waals surface area contributed by atoms with Gasteiger partial charge < -0.3 is 9.80 Å². The number of hydrogen-bond donors (Lipinski definition) is 0. The van der Waals surface area contributed by atoms with E-state index in [4.69, 9.17) is 0 Å². The van der Waals surface area contributed by atoms with Crippen molar-refractivity contribution in [3.05, 3.63) is 41.0 Å². The third-order valence-corrected chi connectivity index (χ3v) is 5.51. The van der Waals surface area contributed by atoms with Crippen LogP contribution in [0.3, 0.4) is 0 Å². The lowest BCUT2D eigenvalue weighted by Crippen LogP contribution is -2.51. The highest BCUT2D eigenvalue weighted by molar-refractivity contribution is 7.17. The van der Waals surface area contributed by atoms with E-state index in [2.05, 4.69) is 21.6 Å². The maximum Gasteiger partial charge on any atom is 0.255 e. The molecule has 0 aliphatic carbocycles. The molecule has 134 valence electrons. The molecule has 0 saturated carbocycles. The summed E-state index contributed by atoms with van der Waals surface area (Å²) < 4.78 is 2.53. The first-order valence-corrected chi connectivity index (χ1v) is 9.25. The van der Waals surface area contributed by atoms with Crippen LogP contribution in [-0.4, -0.2) is 68.0 Å². The second-order valence-electron chi connectivity index (χ2n) is 6.33. The summed E-state index contributed by atoms with van der Waals surface area (Å²) in [6.45, 7) is 4.27. The number of thiophene rings is 1. The number of carbonyl (C=O) groups excluding carboxylic acids is 2. The van der Waals surface area contributed by atoms with Gasteiger partial charge in [-0.25, -0.2) is 4.68 Å². The number of tetrazole rings is 1. The van der Waals surface area contributed by atoms with Gasteiger partial charge in [-0.1, -0.05) is 12.1 Å². The van der Waals surface area contributed by atoms with Crippen molar-refractivity contribution in [3.63, 3.8) is 0 Å². The molecule has 1 saturated heterocycles. The third-order valence-electron chi connectivity index (χ3n) is 4.57. The average Bonchev–Trinajstić information content (AvgIpc) is 3.30. The molecule has 26 heavy (non-hydrogen) atoms. The van der Waals surface area contributed by atoms with Gasteiger partial charge in [-0.05, 0) is 29.0 Å². The molecule has 3 heterocycles. The fourth-order valence-electron chi connectivity index (χ4n) is 3.12. The van der Waals surface area contributed by atoms with Crippen LogP contribution in [-0.2, 0) is 11.3 Å². The first-order valence-electron chi connectivity index (χ1n) is 8.37. The molecule has 2 aromatic heterocycles. The molecule has 4 rings (SSSR count). The smallest absolute Gasteiger partial charge is 0.255 e. The van der Waals surface area contributed by atoms with Crippen LogP contribution in [0.4, 0.5) is 0 Å². The molecule has 3 aromatic rings. The van der Waals surface area contributed by atoms with Crippen LogP contribution in [0.2, 0.25) is 0 Å². The van der Waals surface area contributed by atoms with E-state index in [0.29, 0.717) is 26.2 Å². The number of benzene rings is 1. The molecule has 2 amide bonds. The number of hydrogen-bond acceptors (Lipinski definition) is 6. The molecule has 0 spiro atoms. The maximum absolute atomic E-state index is 12.9. The maximum atomic E-state index is 12.9. The Labute approximate surface area is 154 Å².